The lowest BCUT2D eigenvalue weighted by Crippen LogP contribution is -2.52. The zero-order valence-electron chi connectivity index (χ0n) is 12.0. The molecule has 0 amide bonds. The van der Waals surface area contributed by atoms with Gasteiger partial charge in [-0.05, 0) is 13.0 Å². The van der Waals surface area contributed by atoms with Gasteiger partial charge in [0, 0.05) is 25.6 Å². The van der Waals surface area contributed by atoms with E-state index in [1.807, 2.05) is 26.8 Å². The van der Waals surface area contributed by atoms with Crippen LogP contribution in [0.2, 0.25) is 0 Å². The topological polar surface area (TPSA) is 101 Å². The molecule has 1 heterocycles. The Bertz CT molecular complexity index is 346. The summed E-state index contributed by atoms with van der Waals surface area (Å²) < 4.78 is 11.3. The summed E-state index contributed by atoms with van der Waals surface area (Å²) in [6, 6.07) is -0.0696. The summed E-state index contributed by atoms with van der Waals surface area (Å²) in [4.78, 5) is 0. The Morgan fingerprint density at radius 1 is 1.68 bits per heavy atom. The molecule has 6 nitrogen and oxygen atoms in total. The second kappa shape index (κ2) is 6.77. The number of aliphatic hydroxyl groups is 1. The number of aliphatic hydroxyl groups excluding tert-OH is 1. The average molecular weight is 271 g/mol. The number of ether oxygens (including phenoxy) is 2. The molecule has 0 aromatic rings. The Morgan fingerprint density at radius 3 is 2.79 bits per heavy atom. The molecule has 0 bridgehead atoms. The van der Waals surface area contributed by atoms with E-state index in [4.69, 9.17) is 20.6 Å². The van der Waals surface area contributed by atoms with Crippen molar-refractivity contribution >= 4 is 5.96 Å². The lowest BCUT2D eigenvalue weighted by molar-refractivity contribution is -0.0955. The fourth-order valence-electron chi connectivity index (χ4n) is 2.48. The number of rotatable bonds is 5. The van der Waals surface area contributed by atoms with Crippen molar-refractivity contribution in [2.24, 2.45) is 17.6 Å². The van der Waals surface area contributed by atoms with Gasteiger partial charge in [0.2, 0.25) is 0 Å². The van der Waals surface area contributed by atoms with Gasteiger partial charge in [-0.2, -0.15) is 0 Å². The maximum Gasteiger partial charge on any atom is 0.186 e. The molecule has 1 rings (SSSR count). The third-order valence-corrected chi connectivity index (χ3v) is 3.59. The maximum atomic E-state index is 9.31. The Kier molecular flexibility index (Phi) is 5.62. The average Bonchev–Trinajstić information content (AvgIpc) is 2.34. The van der Waals surface area contributed by atoms with Crippen molar-refractivity contribution in [2.75, 3.05) is 13.7 Å². The molecule has 0 fully saturated rings. The highest BCUT2D eigenvalue weighted by Gasteiger charge is 2.38. The van der Waals surface area contributed by atoms with Gasteiger partial charge in [0.25, 0.3) is 0 Å². The molecule has 110 valence electrons. The summed E-state index contributed by atoms with van der Waals surface area (Å²) in [5.41, 5.74) is 5.40. The summed E-state index contributed by atoms with van der Waals surface area (Å²) in [5, 5.41) is 19.6. The van der Waals surface area contributed by atoms with Crippen molar-refractivity contribution in [1.29, 1.82) is 5.41 Å². The highest BCUT2D eigenvalue weighted by atomic mass is 16.5. The Morgan fingerprint density at radius 2 is 2.32 bits per heavy atom. The van der Waals surface area contributed by atoms with E-state index in [2.05, 4.69) is 5.32 Å². The lowest BCUT2D eigenvalue weighted by Gasteiger charge is -2.40. The molecule has 0 aromatic heterocycles. The quantitative estimate of drug-likeness (QED) is 0.429. The highest BCUT2D eigenvalue weighted by molar-refractivity contribution is 5.74. The van der Waals surface area contributed by atoms with Crippen molar-refractivity contribution in [2.45, 2.75) is 39.0 Å². The molecule has 0 saturated carbocycles. The van der Waals surface area contributed by atoms with Crippen LogP contribution in [-0.2, 0) is 9.47 Å². The molecule has 0 radical (unpaired) electrons. The van der Waals surface area contributed by atoms with Gasteiger partial charge in [-0.15, -0.1) is 0 Å². The van der Waals surface area contributed by atoms with Crippen LogP contribution in [0.25, 0.3) is 0 Å². The highest BCUT2D eigenvalue weighted by Crippen LogP contribution is 2.29. The summed E-state index contributed by atoms with van der Waals surface area (Å²) in [7, 11) is 1.62. The van der Waals surface area contributed by atoms with Crippen molar-refractivity contribution < 1.29 is 14.6 Å². The number of hydrogen-bond donors (Lipinski definition) is 4. The first kappa shape index (κ1) is 15.8. The van der Waals surface area contributed by atoms with Crippen LogP contribution in [0.4, 0.5) is 0 Å². The molecule has 5 N–H and O–H groups in total. The molecule has 0 aromatic carbocycles. The second-order valence-corrected chi connectivity index (χ2v) is 5.16. The number of nitrogens with one attached hydrogen (secondary N) is 2. The molecular formula is C13H25N3O3. The van der Waals surface area contributed by atoms with Crippen molar-refractivity contribution in [3.8, 4) is 0 Å². The third-order valence-electron chi connectivity index (χ3n) is 3.59. The van der Waals surface area contributed by atoms with E-state index in [1.54, 1.807) is 7.11 Å². The first-order chi connectivity index (χ1) is 8.90. The third kappa shape index (κ3) is 3.84. The molecule has 19 heavy (non-hydrogen) atoms. The molecule has 0 saturated heterocycles. The van der Waals surface area contributed by atoms with Gasteiger partial charge >= 0.3 is 0 Å². The van der Waals surface area contributed by atoms with Gasteiger partial charge in [0.1, 0.15) is 6.10 Å². The lowest BCUT2D eigenvalue weighted by atomic mass is 9.85. The molecule has 0 aliphatic carbocycles. The number of hydrogen-bond acceptors (Lipinski definition) is 4. The van der Waals surface area contributed by atoms with Crippen LogP contribution in [0.5, 0.6) is 0 Å². The second-order valence-electron chi connectivity index (χ2n) is 5.16. The fraction of sp³-hybridized carbons (Fsp3) is 0.769. The van der Waals surface area contributed by atoms with Gasteiger partial charge in [-0.1, -0.05) is 13.8 Å². The van der Waals surface area contributed by atoms with E-state index in [0.29, 0.717) is 0 Å². The van der Waals surface area contributed by atoms with E-state index < -0.39 is 0 Å². The van der Waals surface area contributed by atoms with E-state index in [0.717, 1.165) is 5.76 Å². The van der Waals surface area contributed by atoms with E-state index in [9.17, 15) is 5.11 Å². The van der Waals surface area contributed by atoms with Crippen LogP contribution in [0.1, 0.15) is 20.8 Å². The van der Waals surface area contributed by atoms with Crippen molar-refractivity contribution in [1.82, 2.24) is 5.32 Å². The maximum absolute atomic E-state index is 9.31. The van der Waals surface area contributed by atoms with Crippen LogP contribution in [-0.4, -0.2) is 43.0 Å². The standard InChI is InChI=1S/C13H25N3O3/c1-7(6-17)11(18-4)12-9(3)10(16-13(14)15)5-8(2)19-12/h5,7,9-12,17H,6H2,1-4H3,(H4,14,15,16)/t7-,9-,10+,11-,12-/m1/s1. The minimum Gasteiger partial charge on any atom is -0.492 e. The number of nitrogens with two attached hydrogens (primary N) is 1. The molecule has 6 heteroatoms. The monoisotopic (exact) mass is 271 g/mol. The minimum absolute atomic E-state index is 0.0265. The largest absolute Gasteiger partial charge is 0.492 e. The first-order valence-electron chi connectivity index (χ1n) is 6.50. The van der Waals surface area contributed by atoms with E-state index in [1.165, 1.54) is 0 Å². The van der Waals surface area contributed by atoms with E-state index in [-0.39, 0.29) is 42.7 Å². The van der Waals surface area contributed by atoms with Crippen molar-refractivity contribution in [3.05, 3.63) is 11.8 Å². The molecule has 0 unspecified atom stereocenters. The van der Waals surface area contributed by atoms with Crippen LogP contribution in [0.3, 0.4) is 0 Å². The Balaban J connectivity index is 2.90. The van der Waals surface area contributed by atoms with E-state index >= 15 is 0 Å². The molecule has 1 aliphatic heterocycles. The first-order valence-corrected chi connectivity index (χ1v) is 6.50. The molecule has 0 spiro atoms. The van der Waals surface area contributed by atoms with Gasteiger partial charge in [0.15, 0.2) is 5.96 Å². The predicted molar refractivity (Wildman–Crippen MR) is 73.7 cm³/mol. The normalized spacial score (nSPS) is 29.9. The zero-order valence-corrected chi connectivity index (χ0v) is 12.0. The predicted octanol–water partition coefficient (Wildman–Crippen LogP) is 0.420. The van der Waals surface area contributed by atoms with Crippen LogP contribution in [0.15, 0.2) is 11.8 Å². The van der Waals surface area contributed by atoms with Gasteiger partial charge < -0.3 is 25.6 Å². The fourth-order valence-corrected chi connectivity index (χ4v) is 2.48. The van der Waals surface area contributed by atoms with Crippen LogP contribution in [0, 0.1) is 17.2 Å². The molecule has 5 atom stereocenters. The number of guanidine groups is 1. The molecular weight excluding hydrogens is 246 g/mol. The Hall–Kier alpha value is -1.27. The smallest absolute Gasteiger partial charge is 0.186 e. The SMILES string of the molecule is CO[C@@H]([C@@H]1OC(C)=C[C@H](NC(=N)N)[C@H]1C)[C@H](C)CO. The number of allylic oxidation sites excluding steroid dienone is 1. The van der Waals surface area contributed by atoms with Gasteiger partial charge in [-0.3, -0.25) is 5.41 Å². The summed E-state index contributed by atoms with van der Waals surface area (Å²) in [5.74, 6) is 0.757. The summed E-state index contributed by atoms with van der Waals surface area (Å²) in [6.45, 7) is 5.85. The van der Waals surface area contributed by atoms with Crippen LogP contribution < -0.4 is 11.1 Å². The minimum atomic E-state index is -0.208. The molecule has 1 aliphatic rings. The van der Waals surface area contributed by atoms with Gasteiger partial charge in [0.05, 0.1) is 17.9 Å². The zero-order chi connectivity index (χ0) is 14.6. The summed E-state index contributed by atoms with van der Waals surface area (Å²) in [6.07, 6.45) is 1.52. The summed E-state index contributed by atoms with van der Waals surface area (Å²) >= 11 is 0. The van der Waals surface area contributed by atoms with Crippen LogP contribution >= 0.6 is 0 Å². The number of methoxy groups -OCH3 is 1. The van der Waals surface area contributed by atoms with Gasteiger partial charge in [-0.25, -0.2) is 0 Å². The Labute approximate surface area is 114 Å². The van der Waals surface area contributed by atoms with Crippen molar-refractivity contribution in [3.63, 3.8) is 0 Å².